The molecule has 6 heteroatoms. The van der Waals surface area contributed by atoms with Crippen molar-refractivity contribution in [3.8, 4) is 17.2 Å². The Kier molecular flexibility index (Phi) is 4.09. The molecule has 0 N–H and O–H groups in total. The minimum absolute atomic E-state index is 0.110. The van der Waals surface area contributed by atoms with Crippen LogP contribution in [0.3, 0.4) is 0 Å². The molecule has 5 nitrogen and oxygen atoms in total. The molecule has 3 heterocycles. The molecule has 0 saturated carbocycles. The number of nitrogens with zero attached hydrogens (tertiary/aromatic N) is 2. The third kappa shape index (κ3) is 2.89. The Hall–Kier alpha value is -3.18. The van der Waals surface area contributed by atoms with Gasteiger partial charge in [-0.25, -0.2) is 5.01 Å². The van der Waals surface area contributed by atoms with E-state index in [1.807, 2.05) is 54.6 Å². The summed E-state index contributed by atoms with van der Waals surface area (Å²) in [6, 6.07) is 22.1. The molecule has 0 unspecified atom stereocenters. The van der Waals surface area contributed by atoms with Gasteiger partial charge in [-0.1, -0.05) is 41.9 Å². The van der Waals surface area contributed by atoms with Gasteiger partial charge in [0.2, 0.25) is 6.23 Å². The number of rotatable bonds is 2. The maximum atomic E-state index is 6.38. The Balaban J connectivity index is 1.41. The second-order valence-corrected chi connectivity index (χ2v) is 8.00. The Labute approximate surface area is 179 Å². The average Bonchev–Trinajstić information content (AvgIpc) is 3.25. The molecule has 0 amide bonds. The van der Waals surface area contributed by atoms with Crippen molar-refractivity contribution in [3.63, 3.8) is 0 Å². The summed E-state index contributed by atoms with van der Waals surface area (Å²) in [5.74, 6) is 2.46. The average molecular weight is 419 g/mol. The first-order chi connectivity index (χ1) is 14.8. The lowest BCUT2D eigenvalue weighted by Crippen LogP contribution is -2.33. The van der Waals surface area contributed by atoms with Gasteiger partial charge in [-0.05, 0) is 36.4 Å². The first-order valence-corrected chi connectivity index (χ1v) is 10.4. The number of hydrogen-bond acceptors (Lipinski definition) is 5. The first kappa shape index (κ1) is 17.7. The van der Waals surface area contributed by atoms with E-state index in [1.165, 1.54) is 0 Å². The monoisotopic (exact) mass is 418 g/mol. The largest absolute Gasteiger partial charge is 0.486 e. The van der Waals surface area contributed by atoms with Crippen LogP contribution in [0.25, 0.3) is 0 Å². The summed E-state index contributed by atoms with van der Waals surface area (Å²) in [4.78, 5) is 0. The maximum absolute atomic E-state index is 6.38. The van der Waals surface area contributed by atoms with Crippen molar-refractivity contribution < 1.29 is 14.2 Å². The van der Waals surface area contributed by atoms with E-state index in [1.54, 1.807) is 0 Å². The molecule has 0 bridgehead atoms. The van der Waals surface area contributed by atoms with Crippen LogP contribution in [0, 0.1) is 0 Å². The fourth-order valence-corrected chi connectivity index (χ4v) is 4.40. The zero-order valence-electron chi connectivity index (χ0n) is 16.1. The van der Waals surface area contributed by atoms with Gasteiger partial charge in [0.25, 0.3) is 0 Å². The summed E-state index contributed by atoms with van der Waals surface area (Å²) >= 11 is 6.10. The van der Waals surface area contributed by atoms with Crippen LogP contribution < -0.4 is 14.2 Å². The summed E-state index contributed by atoms with van der Waals surface area (Å²) in [6.45, 7) is 1.15. The van der Waals surface area contributed by atoms with E-state index in [0.29, 0.717) is 18.2 Å². The van der Waals surface area contributed by atoms with Gasteiger partial charge in [0.15, 0.2) is 11.5 Å². The van der Waals surface area contributed by atoms with Crippen LogP contribution in [0.5, 0.6) is 17.2 Å². The van der Waals surface area contributed by atoms with Gasteiger partial charge in [-0.2, -0.15) is 5.10 Å². The number of halogens is 1. The fourth-order valence-electron chi connectivity index (χ4n) is 4.28. The van der Waals surface area contributed by atoms with Gasteiger partial charge in [-0.15, -0.1) is 0 Å². The van der Waals surface area contributed by atoms with Crippen LogP contribution in [-0.4, -0.2) is 23.9 Å². The van der Waals surface area contributed by atoms with Crippen LogP contribution in [0.15, 0.2) is 71.8 Å². The molecular weight excluding hydrogens is 400 g/mol. The van der Waals surface area contributed by atoms with E-state index in [4.69, 9.17) is 30.9 Å². The van der Waals surface area contributed by atoms with Gasteiger partial charge in [-0.3, -0.25) is 0 Å². The van der Waals surface area contributed by atoms with E-state index in [-0.39, 0.29) is 12.3 Å². The molecule has 6 rings (SSSR count). The molecule has 3 aliphatic rings. The molecule has 0 fully saturated rings. The maximum Gasteiger partial charge on any atom is 0.213 e. The normalized spacial score (nSPS) is 21.4. The zero-order chi connectivity index (χ0) is 20.1. The highest BCUT2D eigenvalue weighted by molar-refractivity contribution is 6.30. The van der Waals surface area contributed by atoms with E-state index >= 15 is 0 Å². The van der Waals surface area contributed by atoms with E-state index in [0.717, 1.165) is 46.1 Å². The van der Waals surface area contributed by atoms with Crippen molar-refractivity contribution in [2.24, 2.45) is 5.10 Å². The van der Waals surface area contributed by atoms with Gasteiger partial charge >= 0.3 is 0 Å². The van der Waals surface area contributed by atoms with Crippen molar-refractivity contribution in [2.45, 2.75) is 18.7 Å². The summed E-state index contributed by atoms with van der Waals surface area (Å²) in [5.41, 5.74) is 4.22. The van der Waals surface area contributed by atoms with Crippen LogP contribution in [0.1, 0.15) is 35.4 Å². The third-order valence-corrected chi connectivity index (χ3v) is 5.98. The molecule has 0 aliphatic carbocycles. The topological polar surface area (TPSA) is 43.3 Å². The number of hydrogen-bond donors (Lipinski definition) is 0. The lowest BCUT2D eigenvalue weighted by atomic mass is 9.96. The highest BCUT2D eigenvalue weighted by Crippen LogP contribution is 2.47. The number of hydrazone groups is 1. The molecule has 150 valence electrons. The third-order valence-electron chi connectivity index (χ3n) is 5.73. The molecule has 0 aromatic heterocycles. The Morgan fingerprint density at radius 1 is 0.867 bits per heavy atom. The molecule has 0 radical (unpaired) electrons. The molecule has 3 aromatic carbocycles. The minimum atomic E-state index is -0.308. The zero-order valence-corrected chi connectivity index (χ0v) is 16.9. The van der Waals surface area contributed by atoms with Gasteiger partial charge < -0.3 is 14.2 Å². The van der Waals surface area contributed by atoms with Crippen molar-refractivity contribution in [1.82, 2.24) is 5.01 Å². The summed E-state index contributed by atoms with van der Waals surface area (Å²) < 4.78 is 17.8. The predicted octanol–water partition coefficient (Wildman–Crippen LogP) is 5.35. The Morgan fingerprint density at radius 2 is 1.67 bits per heavy atom. The molecule has 0 saturated heterocycles. The Morgan fingerprint density at radius 3 is 2.53 bits per heavy atom. The summed E-state index contributed by atoms with van der Waals surface area (Å²) in [5, 5.41) is 7.77. The molecular formula is C24H19ClN2O3. The van der Waals surface area contributed by atoms with Crippen LogP contribution >= 0.6 is 11.6 Å². The van der Waals surface area contributed by atoms with Crippen molar-refractivity contribution in [3.05, 3.63) is 88.4 Å². The molecule has 0 spiro atoms. The second-order valence-electron chi connectivity index (χ2n) is 7.56. The Bertz CT molecular complexity index is 1150. The molecule has 2 atom stereocenters. The summed E-state index contributed by atoms with van der Waals surface area (Å²) in [7, 11) is 0. The number of fused-ring (bicyclic) bond motifs is 4. The quantitative estimate of drug-likeness (QED) is 0.562. The number of para-hydroxylation sites is 1. The summed E-state index contributed by atoms with van der Waals surface area (Å²) in [6.07, 6.45) is 0.487. The highest BCUT2D eigenvalue weighted by atomic mass is 35.5. The van der Waals surface area contributed by atoms with Crippen LogP contribution in [-0.2, 0) is 0 Å². The standard InChI is InChI=1S/C24H19ClN2O3/c25-17-8-5-15(6-9-17)24-27-20(18-3-1-2-4-21(18)30-24)14-19(26-27)16-7-10-22-23(13-16)29-12-11-28-22/h1-10,13,20,24H,11-12,14H2/t20-,24+/m1/s1. The lowest BCUT2D eigenvalue weighted by Gasteiger charge is -2.38. The SMILES string of the molecule is Clc1ccc([C@@H]2Oc3ccccc3[C@H]3CC(c4ccc5c(c4)OCCO5)=NN32)cc1. The smallest absolute Gasteiger partial charge is 0.213 e. The molecule has 3 aromatic rings. The number of ether oxygens (including phenoxy) is 3. The second kappa shape index (κ2) is 6.96. The minimum Gasteiger partial charge on any atom is -0.486 e. The number of benzene rings is 3. The van der Waals surface area contributed by atoms with Gasteiger partial charge in [0, 0.05) is 28.1 Å². The van der Waals surface area contributed by atoms with Crippen LogP contribution in [0.2, 0.25) is 5.02 Å². The van der Waals surface area contributed by atoms with Crippen molar-refractivity contribution >= 4 is 17.3 Å². The highest BCUT2D eigenvalue weighted by Gasteiger charge is 2.41. The first-order valence-electron chi connectivity index (χ1n) is 10.0. The van der Waals surface area contributed by atoms with Crippen molar-refractivity contribution in [1.29, 1.82) is 0 Å². The predicted molar refractivity (Wildman–Crippen MR) is 114 cm³/mol. The van der Waals surface area contributed by atoms with E-state index in [9.17, 15) is 0 Å². The van der Waals surface area contributed by atoms with Gasteiger partial charge in [0.05, 0.1) is 11.8 Å². The fraction of sp³-hybridized carbons (Fsp3) is 0.208. The van der Waals surface area contributed by atoms with Gasteiger partial charge in [0.1, 0.15) is 19.0 Å². The van der Waals surface area contributed by atoms with E-state index in [2.05, 4.69) is 17.1 Å². The lowest BCUT2D eigenvalue weighted by molar-refractivity contribution is -0.0190. The van der Waals surface area contributed by atoms with Crippen molar-refractivity contribution in [2.75, 3.05) is 13.2 Å². The van der Waals surface area contributed by atoms with Crippen LogP contribution in [0.4, 0.5) is 0 Å². The molecule has 3 aliphatic heterocycles. The van der Waals surface area contributed by atoms with E-state index < -0.39 is 0 Å². The molecule has 30 heavy (non-hydrogen) atoms.